The summed E-state index contributed by atoms with van der Waals surface area (Å²) in [6, 6.07) is 0. The molecule has 0 radical (unpaired) electrons. The fourth-order valence-electron chi connectivity index (χ4n) is 0. The van der Waals surface area contributed by atoms with Crippen molar-refractivity contribution >= 4 is 0 Å². The Morgan fingerprint density at radius 2 is 0.778 bits per heavy atom. The van der Waals surface area contributed by atoms with Crippen LogP contribution in [0.4, 0.5) is 0 Å². The van der Waals surface area contributed by atoms with Gasteiger partial charge in [-0.3, -0.25) is 0 Å². The molecule has 0 fully saturated rings. The monoisotopic (exact) mass is 172 g/mol. The molecule has 0 aliphatic heterocycles. The molecular formula is C2FeN2O4. The third kappa shape index (κ3) is 304. The molecule has 0 spiro atoms. The molecule has 0 aromatic carbocycles. The molecule has 0 heterocycles. The van der Waals surface area contributed by atoms with Crippen LogP contribution in [0.3, 0.4) is 0 Å². The molecule has 50 valence electrons. The summed E-state index contributed by atoms with van der Waals surface area (Å²) in [5.74, 6) is 0. The maximum atomic E-state index is 7.50. The number of rotatable bonds is 0. The molecule has 7 heteroatoms. The van der Waals surface area contributed by atoms with Gasteiger partial charge >= 0.3 is 39.7 Å². The molecule has 0 N–H and O–H groups in total. The van der Waals surface area contributed by atoms with Crippen molar-refractivity contribution in [2.75, 3.05) is 0 Å². The second-order valence-electron chi connectivity index (χ2n) is 0. The molecule has 0 aromatic rings. The van der Waals surface area contributed by atoms with E-state index in [1.807, 2.05) is 0 Å². The Labute approximate surface area is 61.4 Å². The quantitative estimate of drug-likeness (QED) is 0.301. The van der Waals surface area contributed by atoms with Crippen LogP contribution in [0, 0.1) is 23.1 Å². The average molecular weight is 172 g/mol. The topological polar surface area (TPSA) is 119 Å². The maximum absolute atomic E-state index is 7.50. The van der Waals surface area contributed by atoms with E-state index < -0.39 is 0 Å². The summed E-state index contributed by atoms with van der Waals surface area (Å²) in [5.41, 5.74) is 11.5. The summed E-state index contributed by atoms with van der Waals surface area (Å²) >= 11 is 0. The van der Waals surface area contributed by atoms with Gasteiger partial charge in [-0.1, -0.05) is 0 Å². The fourth-order valence-corrected chi connectivity index (χ4v) is 0. The summed E-state index contributed by atoms with van der Waals surface area (Å²) in [6.07, 6.45) is 0. The van der Waals surface area contributed by atoms with E-state index in [2.05, 4.69) is 13.3 Å². The van der Waals surface area contributed by atoms with Gasteiger partial charge in [-0.15, -0.1) is 0 Å². The SMILES string of the molecule is [C-]#[O+].[C-]#[O+].[Fe+2].[N-]=O.[N-]=O. The first-order chi connectivity index (χ1) is 4.00. The minimum absolute atomic E-state index is 0. The minimum atomic E-state index is 0. The van der Waals surface area contributed by atoms with Gasteiger partial charge in [0.05, 0.1) is 0 Å². The largest absolute Gasteiger partial charge is 2.00 e. The molecule has 0 atom stereocenters. The van der Waals surface area contributed by atoms with Crippen molar-refractivity contribution in [1.29, 1.82) is 0 Å². The van der Waals surface area contributed by atoms with Crippen LogP contribution < -0.4 is 0 Å². The third-order valence-electron chi connectivity index (χ3n) is 0. The Bertz CT molecular complexity index is 47.0. The molecule has 9 heavy (non-hydrogen) atoms. The van der Waals surface area contributed by atoms with Crippen molar-refractivity contribution < 1.29 is 26.4 Å². The van der Waals surface area contributed by atoms with Crippen molar-refractivity contribution in [3.05, 3.63) is 34.3 Å². The van der Waals surface area contributed by atoms with E-state index in [1.165, 1.54) is 0 Å². The van der Waals surface area contributed by atoms with Gasteiger partial charge in [0.2, 0.25) is 0 Å². The van der Waals surface area contributed by atoms with Gasteiger partial charge in [-0.05, 0) is 0 Å². The molecule has 0 saturated carbocycles. The van der Waals surface area contributed by atoms with Gasteiger partial charge in [-0.2, -0.15) is 0 Å². The van der Waals surface area contributed by atoms with E-state index in [9.17, 15) is 0 Å². The normalized spacial score (nSPS) is 1.33. The van der Waals surface area contributed by atoms with Crippen LogP contribution in [0.25, 0.3) is 11.2 Å². The van der Waals surface area contributed by atoms with E-state index in [-0.39, 0.29) is 17.1 Å². The van der Waals surface area contributed by atoms with Crippen molar-refractivity contribution in [2.45, 2.75) is 0 Å². The number of hydrogen-bond donors (Lipinski definition) is 0. The van der Waals surface area contributed by atoms with Crippen LogP contribution in [0.15, 0.2) is 0 Å². The van der Waals surface area contributed by atoms with Gasteiger partial charge in [0.1, 0.15) is 0 Å². The van der Waals surface area contributed by atoms with Gasteiger partial charge in [0.15, 0.2) is 0 Å². The van der Waals surface area contributed by atoms with Crippen LogP contribution >= 0.6 is 0 Å². The molecule has 0 saturated heterocycles. The molecule has 0 aliphatic rings. The summed E-state index contributed by atoms with van der Waals surface area (Å²) in [7, 11) is 0. The van der Waals surface area contributed by atoms with Crippen LogP contribution in [0.1, 0.15) is 0 Å². The predicted octanol–water partition coefficient (Wildman–Crippen LogP) is 0.567. The molecule has 0 aromatic heterocycles. The summed E-state index contributed by atoms with van der Waals surface area (Å²) in [5, 5.41) is 0. The minimum Gasteiger partial charge on any atom is -0.577 e. The number of nitroso groups, excluding NO2 is 2. The van der Waals surface area contributed by atoms with E-state index in [1.54, 1.807) is 0 Å². The van der Waals surface area contributed by atoms with E-state index >= 15 is 0 Å². The van der Waals surface area contributed by atoms with Crippen LogP contribution in [-0.4, -0.2) is 0 Å². The van der Waals surface area contributed by atoms with Crippen LogP contribution in [-0.2, 0) is 26.4 Å². The summed E-state index contributed by atoms with van der Waals surface area (Å²) in [4.78, 5) is 14.5. The number of nitrogens with zero attached hydrogens (tertiary/aromatic N) is 2. The zero-order valence-corrected chi connectivity index (χ0v) is 4.99. The molecule has 6 nitrogen and oxygen atoms in total. The smallest absolute Gasteiger partial charge is 0.577 e. The Morgan fingerprint density at radius 1 is 0.778 bits per heavy atom. The zero-order chi connectivity index (χ0) is 8.00. The first-order valence-corrected chi connectivity index (χ1v) is 0.773. The maximum Gasteiger partial charge on any atom is 2.00 e. The van der Waals surface area contributed by atoms with E-state index in [4.69, 9.17) is 30.3 Å². The van der Waals surface area contributed by atoms with Crippen LogP contribution in [0.5, 0.6) is 0 Å². The first-order valence-electron chi connectivity index (χ1n) is 0.773. The Morgan fingerprint density at radius 3 is 0.778 bits per heavy atom. The Kier molecular flexibility index (Phi) is 1990. The predicted molar refractivity (Wildman–Crippen MR) is 21.3 cm³/mol. The van der Waals surface area contributed by atoms with Crippen molar-refractivity contribution in [3.8, 4) is 0 Å². The fraction of sp³-hybridized carbons (Fsp3) is 0. The van der Waals surface area contributed by atoms with Gasteiger partial charge < -0.3 is 21.0 Å². The Balaban J connectivity index is -0.00000000762. The second-order valence-corrected chi connectivity index (χ2v) is 0. The van der Waals surface area contributed by atoms with Gasteiger partial charge in [0, 0.05) is 0 Å². The summed E-state index contributed by atoms with van der Waals surface area (Å²) in [6.45, 7) is 9.00. The van der Waals surface area contributed by atoms with Crippen molar-refractivity contribution in [1.82, 2.24) is 0 Å². The molecule has 0 rings (SSSR count). The number of hydrogen-bond acceptors (Lipinski definition) is 2. The molecule has 0 bridgehead atoms. The molecule has 0 aliphatic carbocycles. The van der Waals surface area contributed by atoms with E-state index in [0.717, 1.165) is 0 Å². The summed E-state index contributed by atoms with van der Waals surface area (Å²) < 4.78 is 15.0. The standard InChI is InChI=1S/2CO.Fe.2NO/c2*1-2;;2*1-2/q;;+2;2*-1. The molecule has 0 unspecified atom stereocenters. The molecular weight excluding hydrogens is 172 g/mol. The Hall–Kier alpha value is -0.801. The van der Waals surface area contributed by atoms with Crippen molar-refractivity contribution in [3.63, 3.8) is 0 Å². The van der Waals surface area contributed by atoms with E-state index in [0.29, 0.717) is 0 Å². The first kappa shape index (κ1) is 41.5. The van der Waals surface area contributed by atoms with Gasteiger partial charge in [0.25, 0.3) is 0 Å². The average Bonchev–Trinajstić information content (AvgIpc) is 2.03. The van der Waals surface area contributed by atoms with Gasteiger partial charge in [-0.25, -0.2) is 0 Å². The van der Waals surface area contributed by atoms with Crippen molar-refractivity contribution in [2.24, 2.45) is 0 Å². The zero-order valence-electron chi connectivity index (χ0n) is 3.88. The molecule has 0 amide bonds. The third-order valence-corrected chi connectivity index (χ3v) is 0. The second kappa shape index (κ2) is 432. The van der Waals surface area contributed by atoms with Crippen LogP contribution in [0.2, 0.25) is 0 Å².